The van der Waals surface area contributed by atoms with E-state index in [1.54, 1.807) is 6.07 Å². The molecule has 0 spiro atoms. The van der Waals surface area contributed by atoms with Gasteiger partial charge in [0.05, 0.1) is 38.0 Å². The van der Waals surface area contributed by atoms with Gasteiger partial charge < -0.3 is 9.47 Å². The van der Waals surface area contributed by atoms with Gasteiger partial charge in [0.1, 0.15) is 9.21 Å². The summed E-state index contributed by atoms with van der Waals surface area (Å²) in [5.41, 5.74) is 1.40. The van der Waals surface area contributed by atoms with Crippen molar-refractivity contribution in [1.29, 1.82) is 0 Å². The van der Waals surface area contributed by atoms with Gasteiger partial charge in [0.25, 0.3) is 0 Å². The van der Waals surface area contributed by atoms with Gasteiger partial charge in [-0.25, -0.2) is 19.6 Å². The van der Waals surface area contributed by atoms with Gasteiger partial charge in [0.15, 0.2) is 0 Å². The molecule has 17 heteroatoms. The fourth-order valence-electron chi connectivity index (χ4n) is 3.11. The number of anilines is 2. The maximum Gasteiger partial charge on any atom is 0.544 e. The Balaban J connectivity index is 0.000000626. The van der Waals surface area contributed by atoms with E-state index in [0.717, 1.165) is 13.3 Å². The van der Waals surface area contributed by atoms with E-state index in [1.165, 1.54) is 40.6 Å². The predicted octanol–water partition coefficient (Wildman–Crippen LogP) is 9.12. The topological polar surface area (TPSA) is 124 Å². The molecule has 2 amide bonds. The number of fused-ring (bicyclic) bond motifs is 1. The van der Waals surface area contributed by atoms with Crippen molar-refractivity contribution in [2.75, 3.05) is 29.3 Å². The molecule has 0 aliphatic carbocycles. The van der Waals surface area contributed by atoms with Crippen LogP contribution >= 0.6 is 52.1 Å². The largest absolute Gasteiger partial charge is 0.544 e. The summed E-state index contributed by atoms with van der Waals surface area (Å²) < 4.78 is 53.1. The third-order valence-corrected chi connectivity index (χ3v) is 10.2. The SMILES string of the molecule is C.C.CI1OC(C)(C)c2ccccc21.COC(=O)N(O)c1ccc(Br)nc1.COC(=O)N(OC(F)(F)F)c1ccc(Br)nc1. The minimum Gasteiger partial charge on any atom is -0.451 e. The molecule has 4 rings (SSSR count). The zero-order valence-electron chi connectivity index (χ0n) is 22.7. The number of carbonyl (C=O) groups is 2. The normalized spacial score (nSPS) is 13.2. The molecule has 11 nitrogen and oxygen atoms in total. The van der Waals surface area contributed by atoms with Crippen LogP contribution in [-0.2, 0) is 23.0 Å². The quantitative estimate of drug-likeness (QED) is 0.0903. The minimum absolute atomic E-state index is 0. The smallest absolute Gasteiger partial charge is 0.451 e. The van der Waals surface area contributed by atoms with Gasteiger partial charge in [-0.3, -0.25) is 5.21 Å². The molecule has 3 heterocycles. The zero-order chi connectivity index (χ0) is 31.7. The number of halogens is 6. The Morgan fingerprint density at radius 1 is 0.909 bits per heavy atom. The average Bonchev–Trinajstić information content (AvgIpc) is 3.19. The number of alkyl halides is 4. The Labute approximate surface area is 278 Å². The van der Waals surface area contributed by atoms with Crippen LogP contribution in [-0.4, -0.2) is 52.9 Å². The first-order valence-electron chi connectivity index (χ1n) is 11.4. The molecule has 1 aliphatic heterocycles. The van der Waals surface area contributed by atoms with Crippen LogP contribution < -0.4 is 10.1 Å². The summed E-state index contributed by atoms with van der Waals surface area (Å²) in [6, 6.07) is 14.3. The molecule has 0 saturated carbocycles. The van der Waals surface area contributed by atoms with Crippen molar-refractivity contribution >= 4 is 75.7 Å². The second kappa shape index (κ2) is 18.4. The Hall–Kier alpha value is -2.58. The van der Waals surface area contributed by atoms with Gasteiger partial charge in [-0.05, 0) is 56.1 Å². The Kier molecular flexibility index (Phi) is 17.3. The van der Waals surface area contributed by atoms with Gasteiger partial charge in [0, 0.05) is 0 Å². The van der Waals surface area contributed by atoms with Gasteiger partial charge in [-0.1, -0.05) is 14.9 Å². The van der Waals surface area contributed by atoms with E-state index in [9.17, 15) is 28.0 Å². The van der Waals surface area contributed by atoms with Crippen molar-refractivity contribution in [1.82, 2.24) is 9.97 Å². The molecule has 0 bridgehead atoms. The van der Waals surface area contributed by atoms with E-state index in [0.29, 0.717) is 14.3 Å². The first kappa shape index (κ1) is 41.4. The van der Waals surface area contributed by atoms with Crippen LogP contribution in [0.3, 0.4) is 0 Å². The maximum absolute atomic E-state index is 12.1. The number of hydroxylamine groups is 2. The van der Waals surface area contributed by atoms with Crippen molar-refractivity contribution in [3.8, 4) is 0 Å². The summed E-state index contributed by atoms with van der Waals surface area (Å²) in [7, 11) is 2.11. The fourth-order valence-corrected chi connectivity index (χ4v) is 8.07. The van der Waals surface area contributed by atoms with Gasteiger partial charge in [0.2, 0.25) is 0 Å². The van der Waals surface area contributed by atoms with Crippen LogP contribution in [0.2, 0.25) is 0 Å². The Morgan fingerprint density at radius 3 is 1.84 bits per heavy atom. The molecule has 0 unspecified atom stereocenters. The summed E-state index contributed by atoms with van der Waals surface area (Å²) in [6.45, 7) is 4.32. The Bertz CT molecular complexity index is 1340. The summed E-state index contributed by atoms with van der Waals surface area (Å²) in [5, 5.41) is 9.52. The molecular weight excluding hydrogens is 836 g/mol. The van der Waals surface area contributed by atoms with Gasteiger partial charge >= 0.3 is 99.6 Å². The number of benzene rings is 1. The van der Waals surface area contributed by atoms with Crippen LogP contribution in [0.25, 0.3) is 0 Å². The Morgan fingerprint density at radius 2 is 1.41 bits per heavy atom. The summed E-state index contributed by atoms with van der Waals surface area (Å²) >= 11 is 4.88. The third kappa shape index (κ3) is 12.4. The number of aromatic nitrogens is 2. The fraction of sp³-hybridized carbons (Fsp3) is 0.333. The molecule has 0 radical (unpaired) electrons. The number of carbonyl (C=O) groups excluding carboxylic acids is 2. The summed E-state index contributed by atoms with van der Waals surface area (Å²) in [5.74, 6) is 0. The van der Waals surface area contributed by atoms with Gasteiger partial charge in [-0.15, -0.1) is 18.2 Å². The van der Waals surface area contributed by atoms with E-state index in [1.807, 2.05) is 0 Å². The van der Waals surface area contributed by atoms with E-state index in [-0.39, 0.29) is 36.9 Å². The summed E-state index contributed by atoms with van der Waals surface area (Å²) in [6.07, 6.45) is -4.83. The summed E-state index contributed by atoms with van der Waals surface area (Å²) in [4.78, 5) is 35.2. The molecule has 1 aliphatic rings. The first-order valence-corrected chi connectivity index (χ1v) is 17.1. The van der Waals surface area contributed by atoms with Crippen LogP contribution in [0, 0.1) is 3.57 Å². The molecule has 3 aromatic rings. The first-order chi connectivity index (χ1) is 19.6. The van der Waals surface area contributed by atoms with E-state index < -0.39 is 38.8 Å². The molecule has 0 fully saturated rings. The van der Waals surface area contributed by atoms with Gasteiger partial charge in [-0.2, -0.15) is 9.90 Å². The molecule has 1 N–H and O–H groups in total. The van der Waals surface area contributed by atoms with Crippen molar-refractivity contribution in [2.24, 2.45) is 0 Å². The number of pyridine rings is 2. The van der Waals surface area contributed by atoms with Crippen LogP contribution in [0.4, 0.5) is 34.1 Å². The molecule has 1 aromatic carbocycles. The van der Waals surface area contributed by atoms with Crippen molar-refractivity contribution in [3.63, 3.8) is 0 Å². The van der Waals surface area contributed by atoms with Crippen LogP contribution in [0.5, 0.6) is 0 Å². The second-order valence-electron chi connectivity index (χ2n) is 8.25. The predicted molar refractivity (Wildman–Crippen MR) is 175 cm³/mol. The van der Waals surface area contributed by atoms with Crippen molar-refractivity contribution < 1.29 is 45.3 Å². The molecular formula is C27H34Br2F3IN4O7. The second-order valence-corrected chi connectivity index (χ2v) is 13.9. The molecule has 246 valence electrons. The molecule has 0 saturated heterocycles. The molecule has 44 heavy (non-hydrogen) atoms. The van der Waals surface area contributed by atoms with Crippen LogP contribution in [0.1, 0.15) is 34.3 Å². The number of hydrogen-bond donors (Lipinski definition) is 1. The van der Waals surface area contributed by atoms with Crippen molar-refractivity contribution in [3.05, 3.63) is 79.3 Å². The number of ether oxygens (including phenoxy) is 2. The maximum atomic E-state index is 12.1. The monoisotopic (exact) mass is 868 g/mol. The zero-order valence-corrected chi connectivity index (χ0v) is 28.1. The number of rotatable bonds is 3. The number of hydrogen-bond acceptors (Lipinski definition) is 9. The third-order valence-electron chi connectivity index (χ3n) is 4.90. The molecule has 0 atom stereocenters. The average molecular weight is 870 g/mol. The standard InChI is InChI=1S/C10H13IO.C8H6BrF3N2O3.C7H7BrN2O3.2CH4/c1-10(2)8-6-4-5-7-9(8)11(3)12-10;1-16-7(15)14(17-8(10,11)12)5-2-3-6(9)13-4-5;1-13-7(11)10(12)5-2-3-6(8)9-4-5;;/h4-7H,1-3H3;2-4H,1H3;2-4,12H,1H3;2*1H4. The van der Waals surface area contributed by atoms with E-state index in [2.05, 4.69) is 99.2 Å². The van der Waals surface area contributed by atoms with Crippen LogP contribution in [0.15, 0.2) is 70.1 Å². The number of nitrogens with zero attached hydrogens (tertiary/aromatic N) is 4. The van der Waals surface area contributed by atoms with Crippen molar-refractivity contribution in [2.45, 2.75) is 40.7 Å². The molecule has 2 aromatic heterocycles. The van der Waals surface area contributed by atoms with E-state index >= 15 is 0 Å². The minimum atomic E-state index is -5.01. The van der Waals surface area contributed by atoms with E-state index in [4.69, 9.17) is 3.07 Å². The number of methoxy groups -OCH3 is 2. The number of amides is 2.